The summed E-state index contributed by atoms with van der Waals surface area (Å²) in [7, 11) is -3.58. The summed E-state index contributed by atoms with van der Waals surface area (Å²) in [5.74, 6) is -0.438. The maximum Gasteiger partial charge on any atom is 0.283 e. The quantitative estimate of drug-likeness (QED) is 0.678. The lowest BCUT2D eigenvalue weighted by Gasteiger charge is -2.20. The van der Waals surface area contributed by atoms with Crippen LogP contribution in [0.2, 0.25) is 5.02 Å². The molecule has 0 atom stereocenters. The first-order chi connectivity index (χ1) is 14.7. The number of hydrogen-bond acceptors (Lipinski definition) is 7. The third-order valence-electron chi connectivity index (χ3n) is 4.26. The Hall–Kier alpha value is -2.95. The highest BCUT2D eigenvalue weighted by Crippen LogP contribution is 2.31. The molecular formula is C20H15ClN4O4S2. The number of sulfone groups is 1. The minimum atomic E-state index is -3.58. The van der Waals surface area contributed by atoms with E-state index in [2.05, 4.69) is 10.1 Å². The Labute approximate surface area is 187 Å². The number of nitrogens with zero attached hydrogens (tertiary/aromatic N) is 3. The van der Waals surface area contributed by atoms with Gasteiger partial charge >= 0.3 is 0 Å². The number of amidine groups is 2. The van der Waals surface area contributed by atoms with Crippen LogP contribution < -0.4 is 4.74 Å². The molecular weight excluding hydrogens is 460 g/mol. The highest BCUT2D eigenvalue weighted by Gasteiger charge is 2.38. The highest BCUT2D eigenvalue weighted by atomic mass is 35.5. The molecule has 11 heteroatoms. The minimum Gasteiger partial charge on any atom is -0.487 e. The van der Waals surface area contributed by atoms with Crippen molar-refractivity contribution in [2.45, 2.75) is 6.61 Å². The van der Waals surface area contributed by atoms with Crippen LogP contribution in [0.15, 0.2) is 64.2 Å². The molecule has 2 heterocycles. The Morgan fingerprint density at radius 1 is 1.23 bits per heavy atom. The number of carbonyl (C=O) groups excluding carboxylic acids is 1. The van der Waals surface area contributed by atoms with Crippen molar-refractivity contribution < 1.29 is 17.9 Å². The zero-order valence-corrected chi connectivity index (χ0v) is 18.5. The van der Waals surface area contributed by atoms with Gasteiger partial charge in [0.2, 0.25) is 19.4 Å². The topological polar surface area (TPSA) is 112 Å². The van der Waals surface area contributed by atoms with E-state index >= 15 is 0 Å². The lowest BCUT2D eigenvalue weighted by atomic mass is 10.1. The number of rotatable bonds is 4. The summed E-state index contributed by atoms with van der Waals surface area (Å²) in [5, 5.41) is 13.6. The monoisotopic (exact) mass is 474 g/mol. The zero-order chi connectivity index (χ0) is 22.2. The number of benzene rings is 2. The molecule has 0 bridgehead atoms. The van der Waals surface area contributed by atoms with E-state index in [9.17, 15) is 13.2 Å². The maximum absolute atomic E-state index is 12.4. The van der Waals surface area contributed by atoms with Crippen molar-refractivity contribution in [1.82, 2.24) is 5.01 Å². The van der Waals surface area contributed by atoms with Gasteiger partial charge in [0.1, 0.15) is 12.4 Å². The fourth-order valence-corrected chi connectivity index (χ4v) is 4.68. The third kappa shape index (κ3) is 4.55. The second-order valence-corrected chi connectivity index (χ2v) is 10.2. The van der Waals surface area contributed by atoms with Gasteiger partial charge in [-0.3, -0.25) is 10.2 Å². The summed E-state index contributed by atoms with van der Waals surface area (Å²) in [6, 6.07) is 14.6. The first-order valence-corrected chi connectivity index (χ1v) is 12.0. The van der Waals surface area contributed by atoms with Crippen LogP contribution in [0.3, 0.4) is 0 Å². The number of halogens is 1. The van der Waals surface area contributed by atoms with E-state index in [1.54, 1.807) is 18.2 Å². The normalized spacial score (nSPS) is 17.5. The van der Waals surface area contributed by atoms with Gasteiger partial charge in [0.15, 0.2) is 5.84 Å². The molecule has 2 aliphatic rings. The zero-order valence-electron chi connectivity index (χ0n) is 16.1. The smallest absolute Gasteiger partial charge is 0.283 e. The molecule has 2 aromatic rings. The Bertz CT molecular complexity index is 1290. The summed E-state index contributed by atoms with van der Waals surface area (Å²) in [5.41, 5.74) is 1.53. The van der Waals surface area contributed by atoms with Crippen LogP contribution in [0.4, 0.5) is 0 Å². The van der Waals surface area contributed by atoms with Crippen molar-refractivity contribution in [2.24, 2.45) is 10.1 Å². The fourth-order valence-electron chi connectivity index (χ4n) is 2.75. The molecule has 2 aliphatic heterocycles. The molecule has 8 nitrogen and oxygen atoms in total. The lowest BCUT2D eigenvalue weighted by Crippen LogP contribution is -2.35. The molecule has 158 valence electrons. The molecule has 0 fully saturated rings. The molecule has 0 spiro atoms. The number of carbonyl (C=O) groups is 1. The number of fused-ring (bicyclic) bond motifs is 1. The van der Waals surface area contributed by atoms with Gasteiger partial charge < -0.3 is 4.74 Å². The van der Waals surface area contributed by atoms with Gasteiger partial charge in [0.05, 0.1) is 10.6 Å². The van der Waals surface area contributed by atoms with E-state index in [1.807, 2.05) is 30.3 Å². The summed E-state index contributed by atoms with van der Waals surface area (Å²) < 4.78 is 29.0. The van der Waals surface area contributed by atoms with Crippen molar-refractivity contribution in [3.05, 3.63) is 70.3 Å². The van der Waals surface area contributed by atoms with E-state index < -0.39 is 15.7 Å². The van der Waals surface area contributed by atoms with E-state index in [4.69, 9.17) is 21.7 Å². The number of hydrazone groups is 1. The van der Waals surface area contributed by atoms with Crippen LogP contribution in [0.1, 0.15) is 11.1 Å². The van der Waals surface area contributed by atoms with Crippen molar-refractivity contribution >= 4 is 60.6 Å². The number of nitrogens with one attached hydrogen (secondary N) is 1. The van der Waals surface area contributed by atoms with Crippen LogP contribution >= 0.6 is 23.4 Å². The van der Waals surface area contributed by atoms with E-state index in [-0.39, 0.29) is 21.0 Å². The summed E-state index contributed by atoms with van der Waals surface area (Å²) in [4.78, 5) is 16.3. The van der Waals surface area contributed by atoms with Gasteiger partial charge in [-0.2, -0.15) is 10.0 Å². The second-order valence-electron chi connectivity index (χ2n) is 6.62. The number of hydrogen-bond donors (Lipinski definition) is 1. The first kappa shape index (κ1) is 21.3. The SMILES string of the molecule is CS(=O)(=O)C1=NN2C(=N)/C(=C\c3ccc(OCc4ccccc4)c(Cl)c3)C(=O)N=C2S1. The van der Waals surface area contributed by atoms with E-state index in [1.165, 1.54) is 6.08 Å². The molecule has 2 aromatic carbocycles. The van der Waals surface area contributed by atoms with Crippen molar-refractivity contribution in [2.75, 3.05) is 6.26 Å². The number of ether oxygens (including phenoxy) is 1. The number of amides is 1. The fraction of sp³-hybridized carbons (Fsp3) is 0.100. The Morgan fingerprint density at radius 2 is 1.97 bits per heavy atom. The van der Waals surface area contributed by atoms with Gasteiger partial charge in [-0.05, 0) is 41.1 Å². The van der Waals surface area contributed by atoms with Gasteiger partial charge in [0.25, 0.3) is 5.91 Å². The molecule has 31 heavy (non-hydrogen) atoms. The number of thioether (sulfide) groups is 1. The molecule has 0 aromatic heterocycles. The number of aliphatic imine (C=N–C) groups is 1. The highest BCUT2D eigenvalue weighted by molar-refractivity contribution is 8.42. The largest absolute Gasteiger partial charge is 0.487 e. The third-order valence-corrected chi connectivity index (χ3v) is 7.13. The molecule has 0 saturated heterocycles. The van der Waals surface area contributed by atoms with Gasteiger partial charge in [-0.15, -0.1) is 5.10 Å². The maximum atomic E-state index is 12.4. The molecule has 0 unspecified atom stereocenters. The summed E-state index contributed by atoms with van der Waals surface area (Å²) in [6.07, 6.45) is 2.46. The predicted octanol–water partition coefficient (Wildman–Crippen LogP) is 3.54. The second kappa shape index (κ2) is 8.29. The Kier molecular flexibility index (Phi) is 5.69. The molecule has 4 rings (SSSR count). The van der Waals surface area contributed by atoms with Crippen molar-refractivity contribution in [1.29, 1.82) is 5.41 Å². The summed E-state index contributed by atoms with van der Waals surface area (Å²) >= 11 is 7.06. The van der Waals surface area contributed by atoms with Crippen molar-refractivity contribution in [3.8, 4) is 5.75 Å². The van der Waals surface area contributed by atoms with Gasteiger partial charge in [0, 0.05) is 6.26 Å². The van der Waals surface area contributed by atoms with Crippen LogP contribution in [0.25, 0.3) is 6.08 Å². The predicted molar refractivity (Wildman–Crippen MR) is 122 cm³/mol. The standard InChI is InChI=1S/C20H15ClN4O4S2/c1-31(27,28)20-24-25-17(22)14(18(26)23-19(25)30-20)9-13-7-8-16(15(21)10-13)29-11-12-5-3-2-4-6-12/h2-10,22H,11H2,1H3/b14-9+,22-17?. The minimum absolute atomic E-state index is 0.0307. The Morgan fingerprint density at radius 3 is 2.65 bits per heavy atom. The summed E-state index contributed by atoms with van der Waals surface area (Å²) in [6.45, 7) is 0.356. The lowest BCUT2D eigenvalue weighted by molar-refractivity contribution is -0.114. The van der Waals surface area contributed by atoms with Crippen LogP contribution in [-0.2, 0) is 21.2 Å². The van der Waals surface area contributed by atoms with E-state index in [0.717, 1.165) is 28.6 Å². The van der Waals surface area contributed by atoms with Gasteiger partial charge in [-0.25, -0.2) is 8.42 Å². The van der Waals surface area contributed by atoms with Crippen LogP contribution in [0.5, 0.6) is 5.75 Å². The molecule has 1 N–H and O–H groups in total. The average Bonchev–Trinajstić information content (AvgIpc) is 3.16. The molecule has 0 radical (unpaired) electrons. The molecule has 0 saturated carbocycles. The van der Waals surface area contributed by atoms with Crippen LogP contribution in [-0.4, -0.2) is 41.0 Å². The van der Waals surface area contributed by atoms with E-state index in [0.29, 0.717) is 22.9 Å². The molecule has 0 aliphatic carbocycles. The van der Waals surface area contributed by atoms with Crippen molar-refractivity contribution in [3.63, 3.8) is 0 Å². The first-order valence-electron chi connectivity index (χ1n) is 8.89. The van der Waals surface area contributed by atoms with Gasteiger partial charge in [-0.1, -0.05) is 48.0 Å². The average molecular weight is 475 g/mol. The molecule has 1 amide bonds. The Balaban J connectivity index is 1.56. The van der Waals surface area contributed by atoms with Crippen LogP contribution in [0, 0.1) is 5.41 Å².